The van der Waals surface area contributed by atoms with Crippen molar-refractivity contribution in [2.75, 3.05) is 20.1 Å². The summed E-state index contributed by atoms with van der Waals surface area (Å²) >= 11 is 0. The van der Waals surface area contributed by atoms with Crippen LogP contribution < -0.4 is 0 Å². The van der Waals surface area contributed by atoms with Crippen molar-refractivity contribution >= 4 is 0 Å². The van der Waals surface area contributed by atoms with Gasteiger partial charge in [-0.3, -0.25) is 0 Å². The van der Waals surface area contributed by atoms with Crippen molar-refractivity contribution in [2.24, 2.45) is 11.8 Å². The molecule has 3 heterocycles. The first-order chi connectivity index (χ1) is 8.72. The number of hydrogen-bond donors (Lipinski definition) is 0. The Kier molecular flexibility index (Phi) is 3.37. The van der Waals surface area contributed by atoms with Gasteiger partial charge in [-0.2, -0.15) is 0 Å². The number of likely N-dealkylation sites (tertiary alicyclic amines) is 1. The standard InChI is InChI=1S/C14H24N4/c1-11-5-7-18-13(8-11)15-16-14(18)9-12-4-3-6-17(2)10-12/h11-12H,3-10H2,1-2H3. The van der Waals surface area contributed by atoms with Crippen LogP contribution in [0, 0.1) is 11.8 Å². The maximum Gasteiger partial charge on any atom is 0.133 e. The van der Waals surface area contributed by atoms with Crippen LogP contribution in [-0.4, -0.2) is 39.8 Å². The lowest BCUT2D eigenvalue weighted by molar-refractivity contribution is 0.206. The minimum atomic E-state index is 0.773. The zero-order valence-electron chi connectivity index (χ0n) is 11.6. The van der Waals surface area contributed by atoms with Crippen LogP contribution in [0.15, 0.2) is 0 Å². The van der Waals surface area contributed by atoms with Crippen LogP contribution in [0.4, 0.5) is 0 Å². The number of rotatable bonds is 2. The molecule has 1 saturated heterocycles. The normalized spacial score (nSPS) is 29.2. The number of nitrogens with zero attached hydrogens (tertiary/aromatic N) is 4. The molecule has 0 saturated carbocycles. The van der Waals surface area contributed by atoms with Gasteiger partial charge in [-0.15, -0.1) is 10.2 Å². The first kappa shape index (κ1) is 12.2. The van der Waals surface area contributed by atoms with Gasteiger partial charge >= 0.3 is 0 Å². The van der Waals surface area contributed by atoms with E-state index in [0.717, 1.165) is 31.2 Å². The Morgan fingerprint density at radius 2 is 2.11 bits per heavy atom. The average Bonchev–Trinajstić information content (AvgIpc) is 2.72. The van der Waals surface area contributed by atoms with E-state index in [0.29, 0.717) is 0 Å². The maximum absolute atomic E-state index is 4.45. The van der Waals surface area contributed by atoms with Crippen molar-refractivity contribution in [3.8, 4) is 0 Å². The molecule has 2 unspecified atom stereocenters. The highest BCUT2D eigenvalue weighted by Gasteiger charge is 2.24. The molecule has 4 nitrogen and oxygen atoms in total. The van der Waals surface area contributed by atoms with Gasteiger partial charge in [-0.25, -0.2) is 0 Å². The molecule has 18 heavy (non-hydrogen) atoms. The lowest BCUT2D eigenvalue weighted by Crippen LogP contribution is -2.33. The Bertz CT molecular complexity index is 412. The zero-order chi connectivity index (χ0) is 12.5. The molecular formula is C14H24N4. The molecule has 3 rings (SSSR count). The summed E-state index contributed by atoms with van der Waals surface area (Å²) in [5.41, 5.74) is 0. The Morgan fingerprint density at radius 1 is 1.22 bits per heavy atom. The molecule has 0 aliphatic carbocycles. The van der Waals surface area contributed by atoms with Gasteiger partial charge in [0.15, 0.2) is 0 Å². The highest BCUT2D eigenvalue weighted by molar-refractivity contribution is 5.01. The summed E-state index contributed by atoms with van der Waals surface area (Å²) in [7, 11) is 2.23. The average molecular weight is 248 g/mol. The van der Waals surface area contributed by atoms with Crippen LogP contribution in [0.3, 0.4) is 0 Å². The molecule has 1 fully saturated rings. The van der Waals surface area contributed by atoms with Crippen LogP contribution in [0.2, 0.25) is 0 Å². The molecule has 0 spiro atoms. The van der Waals surface area contributed by atoms with Gasteiger partial charge in [0.25, 0.3) is 0 Å². The summed E-state index contributed by atoms with van der Waals surface area (Å²) < 4.78 is 2.38. The van der Waals surface area contributed by atoms with E-state index < -0.39 is 0 Å². The Morgan fingerprint density at radius 3 is 2.94 bits per heavy atom. The lowest BCUT2D eigenvalue weighted by Gasteiger charge is -2.29. The molecule has 0 aromatic carbocycles. The largest absolute Gasteiger partial charge is 0.315 e. The predicted octanol–water partition coefficient (Wildman–Crippen LogP) is 1.74. The smallest absolute Gasteiger partial charge is 0.133 e. The second-order valence-corrected chi connectivity index (χ2v) is 6.26. The minimum Gasteiger partial charge on any atom is -0.315 e. The van der Waals surface area contributed by atoms with Crippen LogP contribution in [0.25, 0.3) is 0 Å². The van der Waals surface area contributed by atoms with Gasteiger partial charge in [0.1, 0.15) is 11.6 Å². The van der Waals surface area contributed by atoms with E-state index in [1.54, 1.807) is 0 Å². The minimum absolute atomic E-state index is 0.773. The fraction of sp³-hybridized carbons (Fsp3) is 0.857. The molecule has 1 aromatic rings. The molecule has 100 valence electrons. The van der Waals surface area contributed by atoms with Crippen molar-refractivity contribution in [1.29, 1.82) is 0 Å². The number of hydrogen-bond acceptors (Lipinski definition) is 3. The molecule has 2 aliphatic heterocycles. The van der Waals surface area contributed by atoms with Crippen LogP contribution in [-0.2, 0) is 19.4 Å². The topological polar surface area (TPSA) is 34.0 Å². The lowest BCUT2D eigenvalue weighted by atomic mass is 9.94. The van der Waals surface area contributed by atoms with Crippen molar-refractivity contribution in [3.63, 3.8) is 0 Å². The molecule has 1 aromatic heterocycles. The highest BCUT2D eigenvalue weighted by Crippen LogP contribution is 2.23. The first-order valence-corrected chi connectivity index (χ1v) is 7.32. The van der Waals surface area contributed by atoms with Gasteiger partial charge in [-0.05, 0) is 44.7 Å². The van der Waals surface area contributed by atoms with Crippen molar-refractivity contribution < 1.29 is 0 Å². The monoisotopic (exact) mass is 248 g/mol. The van der Waals surface area contributed by atoms with E-state index in [9.17, 15) is 0 Å². The predicted molar refractivity (Wildman–Crippen MR) is 71.4 cm³/mol. The van der Waals surface area contributed by atoms with Gasteiger partial charge in [0.05, 0.1) is 0 Å². The quantitative estimate of drug-likeness (QED) is 0.799. The van der Waals surface area contributed by atoms with Gasteiger partial charge in [-0.1, -0.05) is 6.92 Å². The van der Waals surface area contributed by atoms with E-state index in [1.807, 2.05) is 0 Å². The van der Waals surface area contributed by atoms with Crippen LogP contribution in [0.5, 0.6) is 0 Å². The summed E-state index contributed by atoms with van der Waals surface area (Å²) in [6, 6.07) is 0. The Balaban J connectivity index is 1.70. The Labute approximate surface area is 109 Å². The first-order valence-electron chi connectivity index (χ1n) is 7.32. The fourth-order valence-electron chi connectivity index (χ4n) is 3.39. The van der Waals surface area contributed by atoms with E-state index in [1.165, 1.54) is 44.0 Å². The number of aromatic nitrogens is 3. The summed E-state index contributed by atoms with van der Waals surface area (Å²) in [6.07, 6.45) is 6.19. The van der Waals surface area contributed by atoms with Crippen molar-refractivity contribution in [2.45, 2.75) is 45.6 Å². The molecule has 2 aliphatic rings. The van der Waals surface area contributed by atoms with Crippen molar-refractivity contribution in [1.82, 2.24) is 19.7 Å². The SMILES string of the molecule is CC1CCn2c(nnc2CC2CCCN(C)C2)C1. The van der Waals surface area contributed by atoms with Gasteiger partial charge in [0, 0.05) is 25.9 Å². The Hall–Kier alpha value is -0.900. The summed E-state index contributed by atoms with van der Waals surface area (Å²) in [6.45, 7) is 5.92. The van der Waals surface area contributed by atoms with Crippen LogP contribution >= 0.6 is 0 Å². The number of piperidine rings is 1. The molecule has 0 N–H and O–H groups in total. The fourth-order valence-corrected chi connectivity index (χ4v) is 3.39. The third kappa shape index (κ3) is 2.44. The van der Waals surface area contributed by atoms with Gasteiger partial charge in [0.2, 0.25) is 0 Å². The summed E-state index contributed by atoms with van der Waals surface area (Å²) in [5.74, 6) is 4.00. The van der Waals surface area contributed by atoms with Gasteiger partial charge < -0.3 is 9.47 Å². The second kappa shape index (κ2) is 5.00. The summed E-state index contributed by atoms with van der Waals surface area (Å²) in [5, 5.41) is 8.84. The third-order valence-corrected chi connectivity index (χ3v) is 4.47. The van der Waals surface area contributed by atoms with E-state index in [2.05, 4.69) is 33.6 Å². The summed E-state index contributed by atoms with van der Waals surface area (Å²) in [4.78, 5) is 2.45. The molecule has 4 heteroatoms. The van der Waals surface area contributed by atoms with E-state index in [-0.39, 0.29) is 0 Å². The molecule has 2 atom stereocenters. The molecular weight excluding hydrogens is 224 g/mol. The van der Waals surface area contributed by atoms with E-state index in [4.69, 9.17) is 0 Å². The van der Waals surface area contributed by atoms with E-state index >= 15 is 0 Å². The highest BCUT2D eigenvalue weighted by atomic mass is 15.3. The van der Waals surface area contributed by atoms with Crippen LogP contribution in [0.1, 0.15) is 37.8 Å². The van der Waals surface area contributed by atoms with Crippen molar-refractivity contribution in [3.05, 3.63) is 11.6 Å². The number of fused-ring (bicyclic) bond motifs is 1. The second-order valence-electron chi connectivity index (χ2n) is 6.26. The third-order valence-electron chi connectivity index (χ3n) is 4.47. The molecule has 0 amide bonds. The molecule has 0 bridgehead atoms. The maximum atomic E-state index is 4.45. The molecule has 0 radical (unpaired) electrons. The zero-order valence-corrected chi connectivity index (χ0v) is 11.6.